The number of hydrogen-bond acceptors (Lipinski definition) is 6. The molecule has 6 nitrogen and oxygen atoms in total. The quantitative estimate of drug-likeness (QED) is 0.668. The zero-order chi connectivity index (χ0) is 19.7. The van der Waals surface area contributed by atoms with Crippen LogP contribution in [0.15, 0.2) is 39.5 Å². The minimum atomic E-state index is -0.410. The first-order valence-electron chi connectivity index (χ1n) is 9.49. The number of aryl methyl sites for hydroxylation is 2. The summed E-state index contributed by atoms with van der Waals surface area (Å²) in [4.78, 5) is 30.8. The second kappa shape index (κ2) is 7.75. The van der Waals surface area contributed by atoms with Gasteiger partial charge in [0.1, 0.15) is 17.6 Å². The molecular weight excluding hydrogens is 376 g/mol. The number of rotatable bonds is 4. The van der Waals surface area contributed by atoms with Crippen LogP contribution in [-0.2, 0) is 6.42 Å². The Morgan fingerprint density at radius 2 is 2.07 bits per heavy atom. The molecule has 2 aromatic heterocycles. The third-order valence-electron chi connectivity index (χ3n) is 4.88. The highest BCUT2D eigenvalue weighted by molar-refractivity contribution is 7.18. The van der Waals surface area contributed by atoms with Crippen molar-refractivity contribution in [3.63, 3.8) is 0 Å². The largest absolute Gasteiger partial charge is 0.490 e. The normalized spacial score (nSPS) is 15.1. The number of benzene rings is 1. The molecule has 1 aromatic carbocycles. The Bertz CT molecular complexity index is 1060. The van der Waals surface area contributed by atoms with Gasteiger partial charge < -0.3 is 14.1 Å². The van der Waals surface area contributed by atoms with Gasteiger partial charge in [0.25, 0.3) is 5.91 Å². The van der Waals surface area contributed by atoms with E-state index in [-0.39, 0.29) is 12.0 Å². The first-order chi connectivity index (χ1) is 13.5. The molecule has 0 aliphatic carbocycles. The standard InChI is InChI=1S/C21H22N2O4S/c1-3-19-22-17-5-4-14(11-18(17)28-19)21(25)23-8-6-15(7-9-23)27-16-10-13(2)26-20(24)12-16/h4-5,10-12,15H,3,6-9H2,1-2H3. The zero-order valence-corrected chi connectivity index (χ0v) is 16.8. The van der Waals surface area contributed by atoms with E-state index in [0.717, 1.165) is 34.5 Å². The fraction of sp³-hybridized carbons (Fsp3) is 0.381. The van der Waals surface area contributed by atoms with Gasteiger partial charge in [0.2, 0.25) is 0 Å². The molecule has 1 fully saturated rings. The number of carbonyl (C=O) groups is 1. The molecule has 0 saturated carbocycles. The van der Waals surface area contributed by atoms with Crippen molar-refractivity contribution in [3.05, 3.63) is 57.1 Å². The van der Waals surface area contributed by atoms with E-state index >= 15 is 0 Å². The van der Waals surface area contributed by atoms with E-state index in [1.54, 1.807) is 24.3 Å². The third-order valence-corrected chi connectivity index (χ3v) is 6.04. The van der Waals surface area contributed by atoms with E-state index in [0.29, 0.717) is 30.2 Å². The number of carbonyl (C=O) groups excluding carboxylic acids is 1. The Hall–Kier alpha value is -2.67. The highest BCUT2D eigenvalue weighted by Gasteiger charge is 2.25. The summed E-state index contributed by atoms with van der Waals surface area (Å²) in [6.45, 7) is 5.06. The molecule has 1 saturated heterocycles. The molecule has 0 N–H and O–H groups in total. The van der Waals surface area contributed by atoms with E-state index in [1.165, 1.54) is 6.07 Å². The molecule has 1 aliphatic rings. The van der Waals surface area contributed by atoms with Gasteiger partial charge in [-0.3, -0.25) is 4.79 Å². The summed E-state index contributed by atoms with van der Waals surface area (Å²) in [6, 6.07) is 8.81. The Morgan fingerprint density at radius 3 is 2.79 bits per heavy atom. The molecule has 7 heteroatoms. The van der Waals surface area contributed by atoms with Crippen LogP contribution in [0.25, 0.3) is 10.2 Å². The molecule has 0 unspecified atom stereocenters. The maximum absolute atomic E-state index is 12.9. The number of piperidine rings is 1. The van der Waals surface area contributed by atoms with Gasteiger partial charge in [0.05, 0.1) is 21.3 Å². The summed E-state index contributed by atoms with van der Waals surface area (Å²) in [5.41, 5.74) is 1.25. The van der Waals surface area contributed by atoms with Crippen LogP contribution >= 0.6 is 11.3 Å². The lowest BCUT2D eigenvalue weighted by Crippen LogP contribution is -2.41. The summed E-state index contributed by atoms with van der Waals surface area (Å²) >= 11 is 1.64. The molecule has 146 valence electrons. The molecular formula is C21H22N2O4S. The fourth-order valence-corrected chi connectivity index (χ4v) is 4.40. The van der Waals surface area contributed by atoms with E-state index < -0.39 is 5.63 Å². The molecule has 0 radical (unpaired) electrons. The van der Waals surface area contributed by atoms with E-state index in [9.17, 15) is 9.59 Å². The summed E-state index contributed by atoms with van der Waals surface area (Å²) in [5.74, 6) is 1.10. The molecule has 4 rings (SSSR count). The van der Waals surface area contributed by atoms with Gasteiger partial charge in [-0.15, -0.1) is 11.3 Å². The lowest BCUT2D eigenvalue weighted by molar-refractivity contribution is 0.0594. The Balaban J connectivity index is 1.40. The van der Waals surface area contributed by atoms with E-state index in [4.69, 9.17) is 9.15 Å². The number of hydrogen-bond donors (Lipinski definition) is 0. The van der Waals surface area contributed by atoms with Crippen LogP contribution in [0.1, 0.15) is 40.9 Å². The van der Waals surface area contributed by atoms with Crippen LogP contribution in [0.2, 0.25) is 0 Å². The maximum atomic E-state index is 12.9. The molecule has 28 heavy (non-hydrogen) atoms. The SMILES string of the molecule is CCc1nc2ccc(C(=O)N3CCC(Oc4cc(C)oc(=O)c4)CC3)cc2s1. The van der Waals surface area contributed by atoms with Crippen molar-refractivity contribution in [2.45, 2.75) is 39.2 Å². The van der Waals surface area contributed by atoms with Gasteiger partial charge in [-0.1, -0.05) is 6.92 Å². The lowest BCUT2D eigenvalue weighted by Gasteiger charge is -2.32. The van der Waals surface area contributed by atoms with Crippen LogP contribution < -0.4 is 10.4 Å². The van der Waals surface area contributed by atoms with Gasteiger partial charge >= 0.3 is 5.63 Å². The van der Waals surface area contributed by atoms with Crippen molar-refractivity contribution < 1.29 is 13.9 Å². The van der Waals surface area contributed by atoms with Crippen LogP contribution in [0.4, 0.5) is 0 Å². The second-order valence-electron chi connectivity index (χ2n) is 6.98. The summed E-state index contributed by atoms with van der Waals surface area (Å²) < 4.78 is 11.9. The number of aromatic nitrogens is 1. The Morgan fingerprint density at radius 1 is 1.29 bits per heavy atom. The number of likely N-dealkylation sites (tertiary alicyclic amines) is 1. The molecule has 0 spiro atoms. The predicted octanol–water partition coefficient (Wildman–Crippen LogP) is 3.80. The van der Waals surface area contributed by atoms with Gasteiger partial charge in [-0.2, -0.15) is 0 Å². The number of thiazole rings is 1. The number of fused-ring (bicyclic) bond motifs is 1. The first-order valence-corrected chi connectivity index (χ1v) is 10.3. The van der Waals surface area contributed by atoms with Crippen LogP contribution in [-0.4, -0.2) is 35.0 Å². The van der Waals surface area contributed by atoms with Crippen molar-refractivity contribution >= 4 is 27.5 Å². The van der Waals surface area contributed by atoms with Crippen LogP contribution in [0.5, 0.6) is 5.75 Å². The second-order valence-corrected chi connectivity index (χ2v) is 8.09. The Kier molecular flexibility index (Phi) is 5.17. The van der Waals surface area contributed by atoms with Crippen molar-refractivity contribution in [1.29, 1.82) is 0 Å². The van der Waals surface area contributed by atoms with Crippen LogP contribution in [0.3, 0.4) is 0 Å². The molecule has 0 bridgehead atoms. The lowest BCUT2D eigenvalue weighted by atomic mass is 10.1. The minimum Gasteiger partial charge on any atom is -0.490 e. The molecule has 1 aliphatic heterocycles. The zero-order valence-electron chi connectivity index (χ0n) is 15.9. The Labute approximate surface area is 166 Å². The molecule has 3 heterocycles. The van der Waals surface area contributed by atoms with Crippen molar-refractivity contribution in [2.75, 3.05) is 13.1 Å². The van der Waals surface area contributed by atoms with Gasteiger partial charge in [-0.25, -0.2) is 9.78 Å². The smallest absolute Gasteiger partial charge is 0.339 e. The number of ether oxygens (including phenoxy) is 1. The average molecular weight is 398 g/mol. The molecule has 0 atom stereocenters. The predicted molar refractivity (Wildman–Crippen MR) is 108 cm³/mol. The van der Waals surface area contributed by atoms with E-state index in [1.807, 2.05) is 23.1 Å². The van der Waals surface area contributed by atoms with Crippen molar-refractivity contribution in [2.24, 2.45) is 0 Å². The van der Waals surface area contributed by atoms with Crippen molar-refractivity contribution in [1.82, 2.24) is 9.88 Å². The minimum absolute atomic E-state index is 0.0126. The highest BCUT2D eigenvalue weighted by Crippen LogP contribution is 2.25. The number of nitrogens with zero attached hydrogens (tertiary/aromatic N) is 2. The van der Waals surface area contributed by atoms with Gasteiger partial charge in [0.15, 0.2) is 0 Å². The summed E-state index contributed by atoms with van der Waals surface area (Å²) in [5, 5.41) is 1.09. The summed E-state index contributed by atoms with van der Waals surface area (Å²) in [7, 11) is 0. The molecule has 3 aromatic rings. The van der Waals surface area contributed by atoms with Gasteiger partial charge in [-0.05, 0) is 31.5 Å². The van der Waals surface area contributed by atoms with Crippen LogP contribution in [0, 0.1) is 6.92 Å². The maximum Gasteiger partial charge on any atom is 0.339 e. The fourth-order valence-electron chi connectivity index (χ4n) is 3.45. The van der Waals surface area contributed by atoms with E-state index in [2.05, 4.69) is 11.9 Å². The third kappa shape index (κ3) is 3.94. The topological polar surface area (TPSA) is 72.6 Å². The average Bonchev–Trinajstić information content (AvgIpc) is 3.09. The van der Waals surface area contributed by atoms with Crippen molar-refractivity contribution in [3.8, 4) is 5.75 Å². The highest BCUT2D eigenvalue weighted by atomic mass is 32.1. The molecule has 1 amide bonds. The van der Waals surface area contributed by atoms with Gasteiger partial charge in [0, 0.05) is 37.6 Å². The first kappa shape index (κ1) is 18.7. The monoisotopic (exact) mass is 398 g/mol. The number of amides is 1. The summed E-state index contributed by atoms with van der Waals surface area (Å²) in [6.07, 6.45) is 2.35.